The summed E-state index contributed by atoms with van der Waals surface area (Å²) in [4.78, 5) is 34.4. The molecule has 200 valence electrons. The standard InChI is InChI=1S/C30H25FN6O3/c31-22-9-2-1-6-19(22)16-33-30(40)37-27(18-7-5-8-18)15-25(36-37)21-13-12-20(14-28(21)38)34-29(39)26-17-32-23-10-3-4-11-24(23)35-26/h1-4,6,9-15,17-18,38H,5,7-8,16H2,(H,33,40)(H,34,39). The maximum absolute atomic E-state index is 14.0. The van der Waals surface area contributed by atoms with E-state index in [0.717, 1.165) is 25.0 Å². The topological polar surface area (TPSA) is 122 Å². The van der Waals surface area contributed by atoms with Crippen LogP contribution in [-0.2, 0) is 6.54 Å². The van der Waals surface area contributed by atoms with Gasteiger partial charge >= 0.3 is 6.03 Å². The molecule has 0 unspecified atom stereocenters. The van der Waals surface area contributed by atoms with Crippen LogP contribution in [-0.4, -0.2) is 36.8 Å². The molecule has 9 nitrogen and oxygen atoms in total. The number of para-hydroxylation sites is 2. The number of anilines is 1. The maximum atomic E-state index is 14.0. The summed E-state index contributed by atoms with van der Waals surface area (Å²) in [5.41, 5.74) is 3.72. The van der Waals surface area contributed by atoms with Crippen LogP contribution in [0.25, 0.3) is 22.3 Å². The van der Waals surface area contributed by atoms with Gasteiger partial charge in [-0.15, -0.1) is 0 Å². The lowest BCUT2D eigenvalue weighted by atomic mass is 9.82. The minimum atomic E-state index is -0.476. The highest BCUT2D eigenvalue weighted by molar-refractivity contribution is 6.03. The number of fused-ring (bicyclic) bond motifs is 1. The first-order valence-electron chi connectivity index (χ1n) is 12.9. The number of carbonyl (C=O) groups is 2. The molecule has 2 aromatic heterocycles. The number of phenols is 1. The van der Waals surface area contributed by atoms with E-state index in [9.17, 15) is 19.1 Å². The molecule has 10 heteroatoms. The van der Waals surface area contributed by atoms with Crippen molar-refractivity contribution in [3.8, 4) is 17.0 Å². The summed E-state index contributed by atoms with van der Waals surface area (Å²) in [5, 5.41) is 20.8. The molecule has 2 amide bonds. The number of nitrogens with one attached hydrogen (secondary N) is 2. The van der Waals surface area contributed by atoms with Gasteiger partial charge in [0, 0.05) is 35.3 Å². The molecule has 0 atom stereocenters. The Hall–Kier alpha value is -5.12. The fourth-order valence-electron chi connectivity index (χ4n) is 4.66. The second-order valence-corrected chi connectivity index (χ2v) is 9.67. The number of amides is 2. The van der Waals surface area contributed by atoms with Crippen molar-refractivity contribution in [1.82, 2.24) is 25.1 Å². The number of hydrogen-bond acceptors (Lipinski definition) is 6. The van der Waals surface area contributed by atoms with Crippen LogP contribution < -0.4 is 10.6 Å². The van der Waals surface area contributed by atoms with Crippen LogP contribution >= 0.6 is 0 Å². The van der Waals surface area contributed by atoms with E-state index in [0.29, 0.717) is 33.5 Å². The largest absolute Gasteiger partial charge is 0.507 e. The molecule has 6 rings (SSSR count). The zero-order chi connectivity index (χ0) is 27.6. The van der Waals surface area contributed by atoms with Gasteiger partial charge in [-0.1, -0.05) is 36.8 Å². The third kappa shape index (κ3) is 4.98. The SMILES string of the molecule is O=C(Nc1ccc(-c2cc(C3CCC3)n(C(=O)NCc3ccccc3F)n2)c(O)c1)c1cnc2ccccc2n1. The van der Waals surface area contributed by atoms with Crippen molar-refractivity contribution in [2.45, 2.75) is 31.7 Å². The van der Waals surface area contributed by atoms with Crippen LogP contribution in [0.4, 0.5) is 14.9 Å². The molecule has 1 aliphatic rings. The monoisotopic (exact) mass is 536 g/mol. The van der Waals surface area contributed by atoms with Crippen LogP contribution in [0.2, 0.25) is 0 Å². The first kappa shape index (κ1) is 25.2. The third-order valence-electron chi connectivity index (χ3n) is 7.05. The van der Waals surface area contributed by atoms with Gasteiger partial charge in [-0.05, 0) is 49.2 Å². The van der Waals surface area contributed by atoms with Crippen LogP contribution in [0, 0.1) is 5.82 Å². The van der Waals surface area contributed by atoms with Gasteiger partial charge in [0.2, 0.25) is 0 Å². The maximum Gasteiger partial charge on any atom is 0.342 e. The van der Waals surface area contributed by atoms with Gasteiger partial charge in [0.05, 0.1) is 28.6 Å². The summed E-state index contributed by atoms with van der Waals surface area (Å²) in [7, 11) is 0. The smallest absolute Gasteiger partial charge is 0.342 e. The van der Waals surface area contributed by atoms with Crippen LogP contribution in [0.3, 0.4) is 0 Å². The Labute approximate surface area is 228 Å². The summed E-state index contributed by atoms with van der Waals surface area (Å²) in [5.74, 6) is -0.801. The van der Waals surface area contributed by atoms with E-state index in [4.69, 9.17) is 0 Å². The number of nitrogens with zero attached hydrogens (tertiary/aromatic N) is 4. The highest BCUT2D eigenvalue weighted by Gasteiger charge is 2.27. The lowest BCUT2D eigenvalue weighted by molar-refractivity contribution is 0.102. The molecule has 0 bridgehead atoms. The molecule has 0 radical (unpaired) electrons. The van der Waals surface area contributed by atoms with Crippen LogP contribution in [0.1, 0.15) is 46.9 Å². The summed E-state index contributed by atoms with van der Waals surface area (Å²) in [6.07, 6.45) is 4.32. The Kier molecular flexibility index (Phi) is 6.65. The average molecular weight is 537 g/mol. The Morgan fingerprint density at radius 3 is 2.52 bits per heavy atom. The molecule has 1 saturated carbocycles. The highest BCUT2D eigenvalue weighted by atomic mass is 19.1. The number of hydrogen-bond donors (Lipinski definition) is 3. The molecule has 3 aromatic carbocycles. The second kappa shape index (κ2) is 10.6. The Morgan fingerprint density at radius 2 is 1.77 bits per heavy atom. The van der Waals surface area contributed by atoms with Gasteiger partial charge in [0.15, 0.2) is 0 Å². The van der Waals surface area contributed by atoms with Crippen molar-refractivity contribution in [3.05, 3.63) is 102 Å². The number of phenolic OH excluding ortho intramolecular Hbond substituents is 1. The quantitative estimate of drug-likeness (QED) is 0.259. The van der Waals surface area contributed by atoms with E-state index >= 15 is 0 Å². The molecule has 3 N–H and O–H groups in total. The molecule has 1 fully saturated rings. The number of aromatic hydroxyl groups is 1. The highest BCUT2D eigenvalue weighted by Crippen LogP contribution is 2.39. The molecular formula is C30H25FN6O3. The minimum Gasteiger partial charge on any atom is -0.507 e. The number of benzene rings is 3. The summed E-state index contributed by atoms with van der Waals surface area (Å²) >= 11 is 0. The fourth-order valence-corrected chi connectivity index (χ4v) is 4.66. The van der Waals surface area contributed by atoms with Crippen molar-refractivity contribution < 1.29 is 19.1 Å². The number of aromatic nitrogens is 4. The molecule has 40 heavy (non-hydrogen) atoms. The van der Waals surface area contributed by atoms with Crippen molar-refractivity contribution in [2.75, 3.05) is 5.32 Å². The molecule has 1 aliphatic carbocycles. The van der Waals surface area contributed by atoms with Gasteiger partial charge in [0.25, 0.3) is 5.91 Å². The predicted molar refractivity (Wildman–Crippen MR) is 147 cm³/mol. The van der Waals surface area contributed by atoms with Gasteiger partial charge in [-0.3, -0.25) is 9.78 Å². The van der Waals surface area contributed by atoms with Crippen molar-refractivity contribution >= 4 is 28.7 Å². The number of halogens is 1. The molecule has 0 spiro atoms. The summed E-state index contributed by atoms with van der Waals surface area (Å²) in [6, 6.07) is 19.5. The zero-order valence-corrected chi connectivity index (χ0v) is 21.3. The van der Waals surface area contributed by atoms with E-state index in [1.165, 1.54) is 23.0 Å². The first-order chi connectivity index (χ1) is 19.5. The number of carbonyl (C=O) groups excluding carboxylic acids is 2. The zero-order valence-electron chi connectivity index (χ0n) is 21.3. The number of rotatable bonds is 6. The van der Waals surface area contributed by atoms with Crippen LogP contribution in [0.5, 0.6) is 5.75 Å². The van der Waals surface area contributed by atoms with E-state index in [2.05, 4.69) is 25.7 Å². The van der Waals surface area contributed by atoms with E-state index in [1.807, 2.05) is 18.2 Å². The summed E-state index contributed by atoms with van der Waals surface area (Å²) < 4.78 is 15.3. The molecular weight excluding hydrogens is 511 g/mol. The Balaban J connectivity index is 1.22. The van der Waals surface area contributed by atoms with Crippen molar-refractivity contribution in [3.63, 3.8) is 0 Å². The van der Waals surface area contributed by atoms with Gasteiger partial charge in [-0.25, -0.2) is 14.2 Å². The second-order valence-electron chi connectivity index (χ2n) is 9.67. The fraction of sp³-hybridized carbons (Fsp3) is 0.167. The Bertz CT molecular complexity index is 1750. The normalized spacial score (nSPS) is 13.1. The molecule has 0 saturated heterocycles. The molecule has 2 heterocycles. The molecule has 5 aromatic rings. The lowest BCUT2D eigenvalue weighted by Gasteiger charge is -2.25. The first-order valence-corrected chi connectivity index (χ1v) is 12.9. The van der Waals surface area contributed by atoms with E-state index in [-0.39, 0.29) is 23.9 Å². The third-order valence-corrected chi connectivity index (χ3v) is 7.05. The Morgan fingerprint density at radius 1 is 1.00 bits per heavy atom. The average Bonchev–Trinajstić information content (AvgIpc) is 3.35. The van der Waals surface area contributed by atoms with E-state index < -0.39 is 17.8 Å². The minimum absolute atomic E-state index is 0.0199. The molecule has 0 aliphatic heterocycles. The van der Waals surface area contributed by atoms with Gasteiger partial charge in [0.1, 0.15) is 17.3 Å². The van der Waals surface area contributed by atoms with Crippen molar-refractivity contribution in [2.24, 2.45) is 0 Å². The van der Waals surface area contributed by atoms with E-state index in [1.54, 1.807) is 42.5 Å². The summed E-state index contributed by atoms with van der Waals surface area (Å²) in [6.45, 7) is 0.0199. The van der Waals surface area contributed by atoms with Gasteiger partial charge < -0.3 is 15.7 Å². The van der Waals surface area contributed by atoms with Gasteiger partial charge in [-0.2, -0.15) is 9.78 Å². The predicted octanol–water partition coefficient (Wildman–Crippen LogP) is 5.62. The van der Waals surface area contributed by atoms with Crippen LogP contribution in [0.15, 0.2) is 79.0 Å². The van der Waals surface area contributed by atoms with Crippen molar-refractivity contribution in [1.29, 1.82) is 0 Å². The lowest BCUT2D eigenvalue weighted by Crippen LogP contribution is -2.31.